The SMILES string of the molecule is Cc1ccn(-c2cnccc2CO)n1. The van der Waals surface area contributed by atoms with E-state index in [-0.39, 0.29) is 6.61 Å². The van der Waals surface area contributed by atoms with Gasteiger partial charge < -0.3 is 5.11 Å². The summed E-state index contributed by atoms with van der Waals surface area (Å²) in [7, 11) is 0. The van der Waals surface area contributed by atoms with Crippen molar-refractivity contribution in [2.75, 3.05) is 0 Å². The molecular formula is C10H11N3O. The molecule has 0 bridgehead atoms. The molecule has 2 heterocycles. The largest absolute Gasteiger partial charge is 0.392 e. The third-order valence-electron chi connectivity index (χ3n) is 2.03. The number of pyridine rings is 1. The molecule has 0 aliphatic heterocycles. The second-order valence-electron chi connectivity index (χ2n) is 3.06. The monoisotopic (exact) mass is 189 g/mol. The lowest BCUT2D eigenvalue weighted by Crippen LogP contribution is -2.01. The van der Waals surface area contributed by atoms with Crippen LogP contribution < -0.4 is 0 Å². The first kappa shape index (κ1) is 8.90. The van der Waals surface area contributed by atoms with Gasteiger partial charge in [-0.05, 0) is 19.1 Å². The van der Waals surface area contributed by atoms with Gasteiger partial charge in [0.05, 0.1) is 24.2 Å². The molecule has 4 heteroatoms. The van der Waals surface area contributed by atoms with Crippen LogP contribution in [-0.4, -0.2) is 19.9 Å². The van der Waals surface area contributed by atoms with Crippen LogP contribution in [0.3, 0.4) is 0 Å². The molecule has 0 saturated carbocycles. The fraction of sp³-hybridized carbons (Fsp3) is 0.200. The summed E-state index contributed by atoms with van der Waals surface area (Å²) in [6.07, 6.45) is 5.20. The molecule has 1 N–H and O–H groups in total. The van der Waals surface area contributed by atoms with Gasteiger partial charge in [-0.2, -0.15) is 5.10 Å². The number of nitrogens with zero attached hydrogens (tertiary/aromatic N) is 3. The lowest BCUT2D eigenvalue weighted by Gasteiger charge is -2.05. The number of aromatic nitrogens is 3. The Balaban J connectivity index is 2.50. The van der Waals surface area contributed by atoms with E-state index in [0.717, 1.165) is 16.9 Å². The summed E-state index contributed by atoms with van der Waals surface area (Å²) in [5.74, 6) is 0. The van der Waals surface area contributed by atoms with Gasteiger partial charge in [0.15, 0.2) is 0 Å². The van der Waals surface area contributed by atoms with Gasteiger partial charge in [0.2, 0.25) is 0 Å². The molecule has 0 aliphatic carbocycles. The van der Waals surface area contributed by atoms with Crippen molar-refractivity contribution in [1.29, 1.82) is 0 Å². The van der Waals surface area contributed by atoms with Gasteiger partial charge in [-0.15, -0.1) is 0 Å². The first-order chi connectivity index (χ1) is 6.81. The summed E-state index contributed by atoms with van der Waals surface area (Å²) in [5.41, 5.74) is 2.59. The highest BCUT2D eigenvalue weighted by Crippen LogP contribution is 2.12. The molecule has 72 valence electrons. The van der Waals surface area contributed by atoms with Gasteiger partial charge in [0, 0.05) is 18.0 Å². The molecular weight excluding hydrogens is 178 g/mol. The zero-order valence-corrected chi connectivity index (χ0v) is 7.88. The Morgan fingerprint density at radius 1 is 1.43 bits per heavy atom. The van der Waals surface area contributed by atoms with Gasteiger partial charge >= 0.3 is 0 Å². The zero-order chi connectivity index (χ0) is 9.97. The number of rotatable bonds is 2. The molecule has 0 atom stereocenters. The predicted octanol–water partition coefficient (Wildman–Crippen LogP) is 1.07. The third kappa shape index (κ3) is 1.52. The Morgan fingerprint density at radius 3 is 2.93 bits per heavy atom. The Morgan fingerprint density at radius 2 is 2.29 bits per heavy atom. The van der Waals surface area contributed by atoms with E-state index < -0.39 is 0 Å². The van der Waals surface area contributed by atoms with Crippen LogP contribution in [0.4, 0.5) is 0 Å². The predicted molar refractivity (Wildman–Crippen MR) is 52.0 cm³/mol. The summed E-state index contributed by atoms with van der Waals surface area (Å²) in [6, 6.07) is 3.69. The average molecular weight is 189 g/mol. The summed E-state index contributed by atoms with van der Waals surface area (Å²) in [6.45, 7) is 1.92. The normalized spacial score (nSPS) is 10.4. The van der Waals surface area contributed by atoms with Crippen LogP contribution in [0, 0.1) is 6.92 Å². The molecule has 4 nitrogen and oxygen atoms in total. The molecule has 0 aliphatic rings. The van der Waals surface area contributed by atoms with E-state index in [4.69, 9.17) is 5.11 Å². The molecule has 2 aromatic rings. The molecule has 2 aromatic heterocycles. The number of hydrogen-bond acceptors (Lipinski definition) is 3. The minimum absolute atomic E-state index is 0.00321. The van der Waals surface area contributed by atoms with E-state index in [1.807, 2.05) is 19.2 Å². The van der Waals surface area contributed by atoms with Crippen molar-refractivity contribution >= 4 is 0 Å². The van der Waals surface area contributed by atoms with Crippen LogP contribution >= 0.6 is 0 Å². The minimum Gasteiger partial charge on any atom is -0.392 e. The minimum atomic E-state index is -0.00321. The molecule has 14 heavy (non-hydrogen) atoms. The van der Waals surface area contributed by atoms with E-state index >= 15 is 0 Å². The van der Waals surface area contributed by atoms with Crippen molar-refractivity contribution < 1.29 is 5.11 Å². The highest BCUT2D eigenvalue weighted by molar-refractivity contribution is 5.36. The Labute approximate surface area is 81.8 Å². The van der Waals surface area contributed by atoms with Crippen molar-refractivity contribution in [3.05, 3.63) is 42.0 Å². The maximum Gasteiger partial charge on any atom is 0.0883 e. The lowest BCUT2D eigenvalue weighted by atomic mass is 10.2. The Bertz CT molecular complexity index is 436. The highest BCUT2D eigenvalue weighted by Gasteiger charge is 2.03. The second kappa shape index (κ2) is 3.59. The van der Waals surface area contributed by atoms with Crippen molar-refractivity contribution in [2.45, 2.75) is 13.5 Å². The van der Waals surface area contributed by atoms with Gasteiger partial charge in [0.1, 0.15) is 0 Å². The molecule has 0 fully saturated rings. The number of hydrogen-bond donors (Lipinski definition) is 1. The van der Waals surface area contributed by atoms with E-state index in [1.165, 1.54) is 0 Å². The average Bonchev–Trinajstić information content (AvgIpc) is 2.65. The van der Waals surface area contributed by atoms with E-state index in [9.17, 15) is 0 Å². The molecule has 0 saturated heterocycles. The second-order valence-corrected chi connectivity index (χ2v) is 3.06. The lowest BCUT2D eigenvalue weighted by molar-refractivity contribution is 0.281. The molecule has 2 rings (SSSR count). The van der Waals surface area contributed by atoms with E-state index in [0.29, 0.717) is 0 Å². The van der Waals surface area contributed by atoms with E-state index in [1.54, 1.807) is 23.1 Å². The van der Waals surface area contributed by atoms with Gasteiger partial charge in [0.25, 0.3) is 0 Å². The van der Waals surface area contributed by atoms with Crippen LogP contribution in [0.2, 0.25) is 0 Å². The van der Waals surface area contributed by atoms with Gasteiger partial charge in [-0.1, -0.05) is 0 Å². The molecule has 0 amide bonds. The maximum atomic E-state index is 9.12. The van der Waals surface area contributed by atoms with Crippen LogP contribution in [-0.2, 0) is 6.61 Å². The quantitative estimate of drug-likeness (QED) is 0.768. The van der Waals surface area contributed by atoms with Crippen LogP contribution in [0.5, 0.6) is 0 Å². The molecule has 0 spiro atoms. The van der Waals surface area contributed by atoms with Crippen molar-refractivity contribution in [1.82, 2.24) is 14.8 Å². The number of aryl methyl sites for hydroxylation is 1. The number of aliphatic hydroxyl groups excluding tert-OH is 1. The van der Waals surface area contributed by atoms with Crippen molar-refractivity contribution in [3.63, 3.8) is 0 Å². The molecule has 0 aromatic carbocycles. The fourth-order valence-electron chi connectivity index (χ4n) is 1.30. The smallest absolute Gasteiger partial charge is 0.0883 e. The number of aliphatic hydroxyl groups is 1. The van der Waals surface area contributed by atoms with Crippen LogP contribution in [0.15, 0.2) is 30.7 Å². The molecule has 0 unspecified atom stereocenters. The Hall–Kier alpha value is -1.68. The third-order valence-corrected chi connectivity index (χ3v) is 2.03. The fourth-order valence-corrected chi connectivity index (χ4v) is 1.30. The maximum absolute atomic E-state index is 9.12. The zero-order valence-electron chi connectivity index (χ0n) is 7.88. The summed E-state index contributed by atoms with van der Waals surface area (Å²) in [4.78, 5) is 4.01. The highest BCUT2D eigenvalue weighted by atomic mass is 16.3. The summed E-state index contributed by atoms with van der Waals surface area (Å²) >= 11 is 0. The van der Waals surface area contributed by atoms with Crippen LogP contribution in [0.1, 0.15) is 11.3 Å². The van der Waals surface area contributed by atoms with Gasteiger partial charge in [-0.3, -0.25) is 4.98 Å². The first-order valence-corrected chi connectivity index (χ1v) is 4.37. The summed E-state index contributed by atoms with van der Waals surface area (Å²) < 4.78 is 1.72. The Kier molecular flexibility index (Phi) is 2.28. The van der Waals surface area contributed by atoms with E-state index in [2.05, 4.69) is 10.1 Å². The first-order valence-electron chi connectivity index (χ1n) is 4.37. The standard InChI is InChI=1S/C10H11N3O/c1-8-3-5-13(12-8)10-6-11-4-2-9(10)7-14/h2-6,14H,7H2,1H3. The van der Waals surface area contributed by atoms with Crippen LogP contribution in [0.25, 0.3) is 5.69 Å². The summed E-state index contributed by atoms with van der Waals surface area (Å²) in [5, 5.41) is 13.4. The molecule has 0 radical (unpaired) electrons. The van der Waals surface area contributed by atoms with Crippen molar-refractivity contribution in [3.8, 4) is 5.69 Å². The van der Waals surface area contributed by atoms with Gasteiger partial charge in [-0.25, -0.2) is 4.68 Å². The topological polar surface area (TPSA) is 50.9 Å². The van der Waals surface area contributed by atoms with Crippen molar-refractivity contribution in [2.24, 2.45) is 0 Å².